The minimum Gasteiger partial charge on any atom is -0.497 e. The van der Waals surface area contributed by atoms with Gasteiger partial charge in [0.05, 0.1) is 13.3 Å². The molecule has 3 rings (SSSR count). The third-order valence-electron chi connectivity index (χ3n) is 7.18. The Morgan fingerprint density at radius 3 is 2.17 bits per heavy atom. The van der Waals surface area contributed by atoms with E-state index in [1.807, 2.05) is 0 Å². The number of amides is 2. The first-order valence-corrected chi connectivity index (χ1v) is 14.9. The maximum Gasteiger partial charge on any atom is 0.450 e. The molecule has 48 heavy (non-hydrogen) atoms. The van der Waals surface area contributed by atoms with Gasteiger partial charge in [-0.25, -0.2) is 9.78 Å². The molecule has 3 aromatic rings. The first-order valence-electron chi connectivity index (χ1n) is 14.5. The standard InChI is InChI=1S/C33H33ClF3N3O8/c1-18(2)24(30(44)33(35,36)37)15-27(41)29(20-7-9-22(47-3)10-8-20)40-32(46)26(14-19-5-4-6-21(34)13-19)39-31(45)25-12-11-23(16-38-25)48-17-28(42)43/h4-13,16,18,24,26,29H,14-15,17H2,1-3H3,(H,39,45)(H,40,46)(H,42,43)/t24-,26-,29-/m0/s1. The molecule has 1 heterocycles. The van der Waals surface area contributed by atoms with Gasteiger partial charge in [-0.1, -0.05) is 49.7 Å². The summed E-state index contributed by atoms with van der Waals surface area (Å²) in [6.07, 6.45) is -4.99. The maximum atomic E-state index is 13.8. The van der Waals surface area contributed by atoms with E-state index in [2.05, 4.69) is 15.6 Å². The second-order valence-electron chi connectivity index (χ2n) is 11.0. The van der Waals surface area contributed by atoms with Crippen LogP contribution in [0.25, 0.3) is 0 Å². The fourth-order valence-electron chi connectivity index (χ4n) is 4.65. The van der Waals surface area contributed by atoms with Gasteiger partial charge >= 0.3 is 12.1 Å². The number of carbonyl (C=O) groups is 5. The number of halogens is 4. The molecule has 0 radical (unpaired) electrons. The van der Waals surface area contributed by atoms with Gasteiger partial charge in [0, 0.05) is 23.8 Å². The Kier molecular flexibility index (Phi) is 13.1. The summed E-state index contributed by atoms with van der Waals surface area (Å²) < 4.78 is 50.3. The van der Waals surface area contributed by atoms with E-state index in [1.54, 1.807) is 24.3 Å². The number of aliphatic carboxylic acids is 1. The first-order chi connectivity index (χ1) is 22.6. The second-order valence-corrected chi connectivity index (χ2v) is 11.5. The van der Waals surface area contributed by atoms with Crippen LogP contribution in [0.5, 0.6) is 11.5 Å². The number of pyridine rings is 1. The van der Waals surface area contributed by atoms with Crippen LogP contribution in [-0.2, 0) is 25.6 Å². The highest BCUT2D eigenvalue weighted by atomic mass is 35.5. The summed E-state index contributed by atoms with van der Waals surface area (Å²) >= 11 is 6.12. The molecular weight excluding hydrogens is 659 g/mol. The molecular formula is C33H33ClF3N3O8. The van der Waals surface area contributed by atoms with Gasteiger partial charge < -0.3 is 25.2 Å². The molecule has 0 unspecified atom stereocenters. The molecule has 0 aliphatic heterocycles. The summed E-state index contributed by atoms with van der Waals surface area (Å²) in [6, 6.07) is 12.0. The van der Waals surface area contributed by atoms with Crippen LogP contribution in [0, 0.1) is 11.8 Å². The van der Waals surface area contributed by atoms with Gasteiger partial charge in [0.15, 0.2) is 12.4 Å². The molecule has 0 saturated carbocycles. The average Bonchev–Trinajstić information content (AvgIpc) is 3.04. The van der Waals surface area contributed by atoms with E-state index >= 15 is 0 Å². The predicted octanol–water partition coefficient (Wildman–Crippen LogP) is 4.77. The van der Waals surface area contributed by atoms with E-state index in [-0.39, 0.29) is 23.4 Å². The van der Waals surface area contributed by atoms with Crippen LogP contribution in [0.4, 0.5) is 13.2 Å². The van der Waals surface area contributed by atoms with Crippen molar-refractivity contribution in [3.63, 3.8) is 0 Å². The lowest BCUT2D eigenvalue weighted by molar-refractivity contribution is -0.177. The molecule has 1 aromatic heterocycles. The molecule has 0 bridgehead atoms. The van der Waals surface area contributed by atoms with Crippen LogP contribution in [0.3, 0.4) is 0 Å². The van der Waals surface area contributed by atoms with Gasteiger partial charge in [0.1, 0.15) is 29.3 Å². The number of ketones is 2. The zero-order chi connectivity index (χ0) is 35.6. The molecule has 2 aromatic carbocycles. The van der Waals surface area contributed by atoms with Crippen molar-refractivity contribution in [1.29, 1.82) is 0 Å². The molecule has 0 aliphatic carbocycles. The van der Waals surface area contributed by atoms with Crippen LogP contribution < -0.4 is 20.1 Å². The number of rotatable bonds is 16. The number of hydrogen-bond acceptors (Lipinski definition) is 8. The summed E-state index contributed by atoms with van der Waals surface area (Å²) in [5.74, 6) is -7.89. The lowest BCUT2D eigenvalue weighted by atomic mass is 9.84. The highest BCUT2D eigenvalue weighted by Crippen LogP contribution is 2.30. The van der Waals surface area contributed by atoms with Crippen molar-refractivity contribution in [2.24, 2.45) is 11.8 Å². The second kappa shape index (κ2) is 16.7. The van der Waals surface area contributed by atoms with Crippen LogP contribution in [0.2, 0.25) is 5.02 Å². The first kappa shape index (κ1) is 37.5. The third-order valence-corrected chi connectivity index (χ3v) is 7.42. The molecule has 3 N–H and O–H groups in total. The fourth-order valence-corrected chi connectivity index (χ4v) is 4.86. The number of hydrogen-bond donors (Lipinski definition) is 3. The van der Waals surface area contributed by atoms with Gasteiger partial charge in [0.25, 0.3) is 5.91 Å². The number of Topliss-reactive ketones (excluding diaryl/α,β-unsaturated/α-hetero) is 2. The normalized spacial score (nSPS) is 13.2. The molecule has 2 amide bonds. The number of methoxy groups -OCH3 is 1. The number of carboxylic acids is 1. The van der Waals surface area contributed by atoms with E-state index in [0.29, 0.717) is 16.3 Å². The highest BCUT2D eigenvalue weighted by molar-refractivity contribution is 6.30. The van der Waals surface area contributed by atoms with E-state index in [0.717, 1.165) is 6.20 Å². The van der Waals surface area contributed by atoms with Gasteiger partial charge in [0.2, 0.25) is 11.7 Å². The lowest BCUT2D eigenvalue weighted by Crippen LogP contribution is -2.50. The number of benzene rings is 2. The van der Waals surface area contributed by atoms with Crippen molar-refractivity contribution < 1.29 is 51.7 Å². The highest BCUT2D eigenvalue weighted by Gasteiger charge is 2.45. The van der Waals surface area contributed by atoms with Gasteiger partial charge in [-0.05, 0) is 53.4 Å². The zero-order valence-electron chi connectivity index (χ0n) is 26.0. The quantitative estimate of drug-likeness (QED) is 0.192. The summed E-state index contributed by atoms with van der Waals surface area (Å²) in [7, 11) is 1.41. The summed E-state index contributed by atoms with van der Waals surface area (Å²) in [6.45, 7) is 2.14. The smallest absolute Gasteiger partial charge is 0.450 e. The number of nitrogens with zero attached hydrogens (tertiary/aromatic N) is 1. The minimum atomic E-state index is -5.17. The summed E-state index contributed by atoms with van der Waals surface area (Å²) in [5.41, 5.74) is 0.564. The fraction of sp³-hybridized carbons (Fsp3) is 0.333. The molecule has 0 saturated heterocycles. The van der Waals surface area contributed by atoms with Crippen LogP contribution in [0.1, 0.15) is 47.9 Å². The Labute approximate surface area is 278 Å². The number of aromatic nitrogens is 1. The third kappa shape index (κ3) is 10.8. The van der Waals surface area contributed by atoms with Crippen molar-refractivity contribution >= 4 is 41.0 Å². The van der Waals surface area contributed by atoms with Gasteiger partial charge in [-0.15, -0.1) is 0 Å². The van der Waals surface area contributed by atoms with Gasteiger partial charge in [-0.3, -0.25) is 19.2 Å². The predicted molar refractivity (Wildman–Crippen MR) is 167 cm³/mol. The lowest BCUT2D eigenvalue weighted by Gasteiger charge is -2.26. The summed E-state index contributed by atoms with van der Waals surface area (Å²) in [4.78, 5) is 67.6. The van der Waals surface area contributed by atoms with Crippen molar-refractivity contribution in [2.45, 2.75) is 44.9 Å². The molecule has 3 atom stereocenters. The number of ether oxygens (including phenoxy) is 2. The van der Waals surface area contributed by atoms with Crippen LogP contribution in [0.15, 0.2) is 66.9 Å². The SMILES string of the molecule is COc1ccc([C@H](NC(=O)[C@H](Cc2cccc(Cl)c2)NC(=O)c2ccc(OCC(=O)O)cn2)C(=O)C[C@H](C(=O)C(F)(F)F)C(C)C)cc1. The number of alkyl halides is 3. The molecule has 0 fully saturated rings. The van der Waals surface area contributed by atoms with Crippen LogP contribution in [-0.4, -0.2) is 65.4 Å². The minimum absolute atomic E-state index is 0.0757. The van der Waals surface area contributed by atoms with Crippen molar-refractivity contribution in [3.05, 3.63) is 88.7 Å². The monoisotopic (exact) mass is 691 g/mol. The molecule has 256 valence electrons. The van der Waals surface area contributed by atoms with E-state index < -0.39 is 72.5 Å². The van der Waals surface area contributed by atoms with Crippen molar-refractivity contribution in [2.75, 3.05) is 13.7 Å². The molecule has 0 aliphatic rings. The Hall–Kier alpha value is -4.98. The Balaban J connectivity index is 1.94. The van der Waals surface area contributed by atoms with Crippen molar-refractivity contribution in [3.8, 4) is 11.5 Å². The molecule has 15 heteroatoms. The molecule has 11 nitrogen and oxygen atoms in total. The topological polar surface area (TPSA) is 161 Å². The Morgan fingerprint density at radius 2 is 1.62 bits per heavy atom. The van der Waals surface area contributed by atoms with E-state index in [9.17, 15) is 37.1 Å². The van der Waals surface area contributed by atoms with Crippen molar-refractivity contribution in [1.82, 2.24) is 15.6 Å². The molecule has 0 spiro atoms. The van der Waals surface area contributed by atoms with E-state index in [1.165, 1.54) is 57.4 Å². The Bertz CT molecular complexity index is 1620. The Morgan fingerprint density at radius 1 is 0.958 bits per heavy atom. The maximum absolute atomic E-state index is 13.8. The summed E-state index contributed by atoms with van der Waals surface area (Å²) in [5, 5.41) is 14.2. The van der Waals surface area contributed by atoms with E-state index in [4.69, 9.17) is 26.2 Å². The number of carboxylic acid groups (broad SMARTS) is 1. The zero-order valence-corrected chi connectivity index (χ0v) is 26.8. The number of carbonyl (C=O) groups excluding carboxylic acids is 4. The van der Waals surface area contributed by atoms with Gasteiger partial charge in [-0.2, -0.15) is 13.2 Å². The largest absolute Gasteiger partial charge is 0.497 e. The number of nitrogens with one attached hydrogen (secondary N) is 2. The average molecular weight is 692 g/mol. The van der Waals surface area contributed by atoms with Crippen LogP contribution >= 0.6 is 11.6 Å².